The average Bonchev–Trinajstić information content (AvgIpc) is 3.11. The van der Waals surface area contributed by atoms with Crippen molar-refractivity contribution < 1.29 is 19.1 Å². The third-order valence-electron chi connectivity index (χ3n) is 4.76. The maximum Gasteiger partial charge on any atom is 0.311 e. The van der Waals surface area contributed by atoms with Crippen LogP contribution in [0.4, 0.5) is 4.39 Å². The molecule has 0 bridgehead atoms. The van der Waals surface area contributed by atoms with Gasteiger partial charge in [0.2, 0.25) is 0 Å². The van der Waals surface area contributed by atoms with Crippen molar-refractivity contribution in [2.75, 3.05) is 6.54 Å². The second kappa shape index (κ2) is 7.04. The van der Waals surface area contributed by atoms with E-state index in [0.717, 1.165) is 19.3 Å². The molecule has 0 aliphatic heterocycles. The number of nitrogens with one attached hydrogen (secondary N) is 1. The normalized spacial score (nSPS) is 16.4. The number of carbonyl (C=O) groups excluding carboxylic acids is 1. The van der Waals surface area contributed by atoms with E-state index in [1.165, 1.54) is 16.8 Å². The minimum Gasteiger partial charge on any atom is -0.481 e. The summed E-state index contributed by atoms with van der Waals surface area (Å²) in [5.74, 6) is -1.61. The Hall–Kier alpha value is -2.70. The number of nitrogens with zero attached hydrogens (tertiary/aromatic N) is 2. The summed E-state index contributed by atoms with van der Waals surface area (Å²) in [5.41, 5.74) is -0.0524. The van der Waals surface area contributed by atoms with Gasteiger partial charge in [-0.1, -0.05) is 19.3 Å². The second-order valence-electron chi connectivity index (χ2n) is 6.45. The molecule has 25 heavy (non-hydrogen) atoms. The third-order valence-corrected chi connectivity index (χ3v) is 4.76. The molecule has 0 radical (unpaired) electrons. The molecular weight excluding hydrogens is 325 g/mol. The summed E-state index contributed by atoms with van der Waals surface area (Å²) in [4.78, 5) is 24.0. The van der Waals surface area contributed by atoms with Crippen LogP contribution in [0.2, 0.25) is 0 Å². The first-order chi connectivity index (χ1) is 12.0. The predicted octanol–water partition coefficient (Wildman–Crippen LogP) is 2.78. The molecule has 6 nitrogen and oxygen atoms in total. The molecule has 1 amide bonds. The molecule has 1 aromatic carbocycles. The van der Waals surface area contributed by atoms with Crippen LogP contribution in [0.5, 0.6) is 0 Å². The van der Waals surface area contributed by atoms with Gasteiger partial charge in [0.15, 0.2) is 5.69 Å². The summed E-state index contributed by atoms with van der Waals surface area (Å²) in [7, 11) is 0. The SMILES string of the molecule is O=C(NCC1(C(=O)O)CCCCC1)c1ccn(-c2ccc(F)cc2)n1. The summed E-state index contributed by atoms with van der Waals surface area (Å²) >= 11 is 0. The van der Waals surface area contributed by atoms with E-state index in [2.05, 4.69) is 10.4 Å². The Bertz CT molecular complexity index is 764. The molecular formula is C18H20FN3O3. The van der Waals surface area contributed by atoms with Crippen molar-refractivity contribution in [2.24, 2.45) is 5.41 Å². The minimum absolute atomic E-state index is 0.102. The van der Waals surface area contributed by atoms with Gasteiger partial charge in [0, 0.05) is 12.7 Å². The van der Waals surface area contributed by atoms with E-state index in [4.69, 9.17) is 0 Å². The van der Waals surface area contributed by atoms with Crippen molar-refractivity contribution >= 4 is 11.9 Å². The van der Waals surface area contributed by atoms with E-state index in [-0.39, 0.29) is 18.1 Å². The quantitative estimate of drug-likeness (QED) is 0.873. The number of aliphatic carboxylic acids is 1. The summed E-state index contributed by atoms with van der Waals surface area (Å²) in [6, 6.07) is 7.30. The van der Waals surface area contributed by atoms with Gasteiger partial charge in [-0.25, -0.2) is 9.07 Å². The molecule has 0 unspecified atom stereocenters. The third kappa shape index (κ3) is 3.70. The van der Waals surface area contributed by atoms with E-state index in [9.17, 15) is 19.1 Å². The number of aromatic nitrogens is 2. The molecule has 132 valence electrons. The van der Waals surface area contributed by atoms with Crippen LogP contribution in [-0.2, 0) is 4.79 Å². The highest BCUT2D eigenvalue weighted by atomic mass is 19.1. The fraction of sp³-hybridized carbons (Fsp3) is 0.389. The zero-order valence-corrected chi connectivity index (χ0v) is 13.7. The van der Waals surface area contributed by atoms with E-state index in [1.54, 1.807) is 24.4 Å². The highest BCUT2D eigenvalue weighted by Gasteiger charge is 2.39. The molecule has 3 rings (SSSR count). The number of carbonyl (C=O) groups is 2. The van der Waals surface area contributed by atoms with Gasteiger partial charge in [-0.2, -0.15) is 5.10 Å². The first-order valence-electron chi connectivity index (χ1n) is 8.33. The van der Waals surface area contributed by atoms with Gasteiger partial charge in [0.25, 0.3) is 5.91 Å². The zero-order chi connectivity index (χ0) is 17.9. The predicted molar refractivity (Wildman–Crippen MR) is 89.0 cm³/mol. The Kier molecular flexibility index (Phi) is 4.83. The van der Waals surface area contributed by atoms with Gasteiger partial charge >= 0.3 is 5.97 Å². The van der Waals surface area contributed by atoms with Gasteiger partial charge in [-0.3, -0.25) is 9.59 Å². The largest absolute Gasteiger partial charge is 0.481 e. The topological polar surface area (TPSA) is 84.2 Å². The molecule has 1 aliphatic carbocycles. The lowest BCUT2D eigenvalue weighted by atomic mass is 9.74. The Morgan fingerprint density at radius 1 is 1.16 bits per heavy atom. The Balaban J connectivity index is 1.67. The molecule has 0 atom stereocenters. The summed E-state index contributed by atoms with van der Waals surface area (Å²) in [6.07, 6.45) is 5.52. The fourth-order valence-electron chi connectivity index (χ4n) is 3.22. The van der Waals surface area contributed by atoms with Crippen LogP contribution < -0.4 is 5.32 Å². The van der Waals surface area contributed by atoms with Crippen LogP contribution in [0, 0.1) is 11.2 Å². The molecule has 1 saturated carbocycles. The lowest BCUT2D eigenvalue weighted by Gasteiger charge is -2.33. The maximum atomic E-state index is 13.0. The van der Waals surface area contributed by atoms with Crippen molar-refractivity contribution in [3.05, 3.63) is 48.0 Å². The van der Waals surface area contributed by atoms with Gasteiger partial charge in [0.05, 0.1) is 11.1 Å². The molecule has 0 saturated heterocycles. The van der Waals surface area contributed by atoms with Crippen LogP contribution in [-0.4, -0.2) is 33.3 Å². The highest BCUT2D eigenvalue weighted by Crippen LogP contribution is 2.36. The molecule has 1 aromatic heterocycles. The van der Waals surface area contributed by atoms with Crippen LogP contribution in [0.25, 0.3) is 5.69 Å². The maximum absolute atomic E-state index is 13.0. The van der Waals surface area contributed by atoms with Crippen LogP contribution in [0.3, 0.4) is 0 Å². The van der Waals surface area contributed by atoms with E-state index in [0.29, 0.717) is 18.5 Å². The van der Waals surface area contributed by atoms with Crippen LogP contribution in [0.15, 0.2) is 36.5 Å². The molecule has 1 heterocycles. The standard InChI is InChI=1S/C18H20FN3O3/c19-13-4-6-14(7-5-13)22-11-8-15(21-22)16(23)20-12-18(17(24)25)9-2-1-3-10-18/h4-8,11H,1-3,9-10,12H2,(H,20,23)(H,24,25). The number of hydrogen-bond acceptors (Lipinski definition) is 3. The number of benzene rings is 1. The molecule has 2 N–H and O–H groups in total. The summed E-state index contributed by atoms with van der Waals surface area (Å²) in [6.45, 7) is 0.102. The van der Waals surface area contributed by atoms with Crippen molar-refractivity contribution in [3.63, 3.8) is 0 Å². The number of amides is 1. The van der Waals surface area contributed by atoms with Gasteiger partial charge < -0.3 is 10.4 Å². The van der Waals surface area contributed by atoms with Crippen molar-refractivity contribution in [1.82, 2.24) is 15.1 Å². The van der Waals surface area contributed by atoms with Crippen LogP contribution >= 0.6 is 0 Å². The number of rotatable bonds is 5. The number of carboxylic acids is 1. The molecule has 1 fully saturated rings. The zero-order valence-electron chi connectivity index (χ0n) is 13.7. The Morgan fingerprint density at radius 3 is 2.48 bits per heavy atom. The highest BCUT2D eigenvalue weighted by molar-refractivity contribution is 5.92. The molecule has 0 spiro atoms. The fourth-order valence-corrected chi connectivity index (χ4v) is 3.22. The van der Waals surface area contributed by atoms with Gasteiger partial charge in [0.1, 0.15) is 5.82 Å². The Labute approximate surface area is 144 Å². The molecule has 2 aromatic rings. The second-order valence-corrected chi connectivity index (χ2v) is 6.45. The van der Waals surface area contributed by atoms with E-state index < -0.39 is 17.3 Å². The number of hydrogen-bond donors (Lipinski definition) is 2. The summed E-state index contributed by atoms with van der Waals surface area (Å²) < 4.78 is 14.4. The smallest absolute Gasteiger partial charge is 0.311 e. The first kappa shape index (κ1) is 17.1. The van der Waals surface area contributed by atoms with Gasteiger partial charge in [-0.05, 0) is 43.2 Å². The minimum atomic E-state index is -0.882. The number of halogens is 1. The average molecular weight is 345 g/mol. The lowest BCUT2D eigenvalue weighted by molar-refractivity contribution is -0.150. The van der Waals surface area contributed by atoms with E-state index in [1.807, 2.05) is 0 Å². The monoisotopic (exact) mass is 345 g/mol. The molecule has 7 heteroatoms. The number of carboxylic acid groups (broad SMARTS) is 1. The van der Waals surface area contributed by atoms with Crippen LogP contribution in [0.1, 0.15) is 42.6 Å². The van der Waals surface area contributed by atoms with Gasteiger partial charge in [-0.15, -0.1) is 0 Å². The van der Waals surface area contributed by atoms with Crippen molar-refractivity contribution in [1.29, 1.82) is 0 Å². The summed E-state index contributed by atoms with van der Waals surface area (Å²) in [5, 5.41) is 16.4. The van der Waals surface area contributed by atoms with E-state index >= 15 is 0 Å². The van der Waals surface area contributed by atoms with Crippen molar-refractivity contribution in [2.45, 2.75) is 32.1 Å². The molecule has 1 aliphatic rings. The Morgan fingerprint density at radius 2 is 1.84 bits per heavy atom. The lowest BCUT2D eigenvalue weighted by Crippen LogP contribution is -2.44. The van der Waals surface area contributed by atoms with Crippen molar-refractivity contribution in [3.8, 4) is 5.69 Å². The first-order valence-corrected chi connectivity index (χ1v) is 8.33.